The molecule has 1 heterocycles. The number of benzene rings is 1. The lowest BCUT2D eigenvalue weighted by Gasteiger charge is -2.07. The molecule has 1 N–H and O–H groups in total. The van der Waals surface area contributed by atoms with Gasteiger partial charge in [-0.2, -0.15) is 18.3 Å². The third-order valence-corrected chi connectivity index (χ3v) is 2.78. The van der Waals surface area contributed by atoms with Crippen molar-refractivity contribution in [3.63, 3.8) is 0 Å². The van der Waals surface area contributed by atoms with Gasteiger partial charge in [0.05, 0.1) is 11.9 Å². The summed E-state index contributed by atoms with van der Waals surface area (Å²) in [5.74, 6) is -0.625. The van der Waals surface area contributed by atoms with Gasteiger partial charge in [0.1, 0.15) is 6.54 Å². The minimum atomic E-state index is -4.38. The molecule has 4 nitrogen and oxygen atoms in total. The van der Waals surface area contributed by atoms with Crippen molar-refractivity contribution in [1.82, 2.24) is 15.1 Å². The van der Waals surface area contributed by atoms with Crippen molar-refractivity contribution in [2.45, 2.75) is 19.0 Å². The van der Waals surface area contributed by atoms with Gasteiger partial charge >= 0.3 is 6.18 Å². The first-order valence-electron chi connectivity index (χ1n) is 6.36. The number of aryl methyl sites for hydroxylation is 1. The Kier molecular flexibility index (Phi) is 4.62. The Morgan fingerprint density at radius 1 is 1.24 bits per heavy atom. The quantitative estimate of drug-likeness (QED) is 0.921. The smallest absolute Gasteiger partial charge is 0.347 e. The molecule has 2 rings (SSSR count). The highest BCUT2D eigenvalue weighted by Crippen LogP contribution is 2.12. The maximum absolute atomic E-state index is 11.9. The molecule has 1 aromatic carbocycles. The van der Waals surface area contributed by atoms with Crippen LogP contribution in [0.2, 0.25) is 0 Å². The number of nitrogens with one attached hydrogen (secondary N) is 1. The maximum Gasteiger partial charge on any atom is 0.405 e. The molecule has 0 aliphatic heterocycles. The summed E-state index contributed by atoms with van der Waals surface area (Å²) in [5, 5.41) is 5.99. The maximum atomic E-state index is 11.9. The fraction of sp³-hybridized carbons (Fsp3) is 0.286. The predicted octanol–water partition coefficient (Wildman–Crippen LogP) is 2.48. The van der Waals surface area contributed by atoms with Gasteiger partial charge in [-0.1, -0.05) is 18.2 Å². The molecule has 21 heavy (non-hydrogen) atoms. The van der Waals surface area contributed by atoms with E-state index in [0.717, 1.165) is 11.3 Å². The minimum Gasteiger partial charge on any atom is -0.347 e. The highest BCUT2D eigenvalue weighted by molar-refractivity contribution is 5.76. The molecule has 7 heteroatoms. The van der Waals surface area contributed by atoms with Crippen molar-refractivity contribution in [3.8, 4) is 5.69 Å². The van der Waals surface area contributed by atoms with Gasteiger partial charge in [-0.25, -0.2) is 4.68 Å². The van der Waals surface area contributed by atoms with E-state index in [0.29, 0.717) is 6.42 Å². The number of para-hydroxylation sites is 1. The van der Waals surface area contributed by atoms with E-state index < -0.39 is 18.6 Å². The first-order valence-corrected chi connectivity index (χ1v) is 6.36. The third-order valence-electron chi connectivity index (χ3n) is 2.78. The zero-order valence-electron chi connectivity index (χ0n) is 11.1. The molecule has 1 amide bonds. The first-order chi connectivity index (χ1) is 9.94. The van der Waals surface area contributed by atoms with Crippen LogP contribution in [-0.4, -0.2) is 28.4 Å². The topological polar surface area (TPSA) is 46.9 Å². The number of carbonyl (C=O) groups is 1. The van der Waals surface area contributed by atoms with Crippen molar-refractivity contribution < 1.29 is 18.0 Å². The molecule has 0 spiro atoms. The monoisotopic (exact) mass is 297 g/mol. The zero-order valence-corrected chi connectivity index (χ0v) is 11.1. The molecule has 1 aromatic heterocycles. The molecule has 0 fully saturated rings. The van der Waals surface area contributed by atoms with E-state index in [1.54, 1.807) is 17.1 Å². The van der Waals surface area contributed by atoms with E-state index in [9.17, 15) is 18.0 Å². The van der Waals surface area contributed by atoms with Crippen LogP contribution in [0.1, 0.15) is 12.0 Å². The van der Waals surface area contributed by atoms with E-state index in [4.69, 9.17) is 0 Å². The van der Waals surface area contributed by atoms with Gasteiger partial charge in [-0.3, -0.25) is 4.79 Å². The molecule has 2 aromatic rings. The van der Waals surface area contributed by atoms with Crippen molar-refractivity contribution in [2.75, 3.05) is 6.54 Å². The Hall–Kier alpha value is -2.31. The van der Waals surface area contributed by atoms with Crippen LogP contribution in [0.25, 0.3) is 5.69 Å². The van der Waals surface area contributed by atoms with Crippen LogP contribution >= 0.6 is 0 Å². The van der Waals surface area contributed by atoms with Gasteiger partial charge in [0.2, 0.25) is 5.91 Å². The molecule has 0 saturated heterocycles. The average Bonchev–Trinajstić information content (AvgIpc) is 2.92. The number of hydrogen-bond acceptors (Lipinski definition) is 2. The Bertz CT molecular complexity index is 593. The summed E-state index contributed by atoms with van der Waals surface area (Å²) in [6.45, 7) is -1.30. The number of hydrogen-bond donors (Lipinski definition) is 1. The van der Waals surface area contributed by atoms with E-state index >= 15 is 0 Å². The molecule has 0 atom stereocenters. The number of alkyl halides is 3. The number of halogens is 3. The molecule has 0 unspecified atom stereocenters. The van der Waals surface area contributed by atoms with E-state index in [1.165, 1.54) is 0 Å². The largest absolute Gasteiger partial charge is 0.405 e. The normalized spacial score (nSPS) is 11.4. The lowest BCUT2D eigenvalue weighted by atomic mass is 10.2. The van der Waals surface area contributed by atoms with Gasteiger partial charge < -0.3 is 5.32 Å². The second-order valence-electron chi connectivity index (χ2n) is 4.52. The number of nitrogens with zero attached hydrogens (tertiary/aromatic N) is 2. The fourth-order valence-corrected chi connectivity index (χ4v) is 1.76. The van der Waals surface area contributed by atoms with Crippen molar-refractivity contribution in [1.29, 1.82) is 0 Å². The summed E-state index contributed by atoms with van der Waals surface area (Å²) in [5.41, 5.74) is 1.67. The molecular weight excluding hydrogens is 283 g/mol. The van der Waals surface area contributed by atoms with Gasteiger partial charge in [-0.15, -0.1) is 0 Å². The van der Waals surface area contributed by atoms with Crippen LogP contribution < -0.4 is 5.32 Å². The highest BCUT2D eigenvalue weighted by atomic mass is 19.4. The lowest BCUT2D eigenvalue weighted by Crippen LogP contribution is -2.33. The van der Waals surface area contributed by atoms with Crippen molar-refractivity contribution in [2.24, 2.45) is 0 Å². The third kappa shape index (κ3) is 4.94. The van der Waals surface area contributed by atoms with Crippen LogP contribution in [0, 0.1) is 0 Å². The van der Waals surface area contributed by atoms with Gasteiger partial charge in [0.25, 0.3) is 0 Å². The number of aromatic nitrogens is 2. The molecular formula is C14H14F3N3O. The summed E-state index contributed by atoms with van der Waals surface area (Å²) < 4.78 is 37.5. The van der Waals surface area contributed by atoms with Crippen LogP contribution in [0.3, 0.4) is 0 Å². The van der Waals surface area contributed by atoms with Crippen molar-refractivity contribution in [3.05, 3.63) is 48.3 Å². The minimum absolute atomic E-state index is 0.00341. The van der Waals surface area contributed by atoms with Crippen LogP contribution in [-0.2, 0) is 11.2 Å². The number of amides is 1. The van der Waals surface area contributed by atoms with E-state index in [1.807, 2.05) is 35.6 Å². The summed E-state index contributed by atoms with van der Waals surface area (Å²) >= 11 is 0. The van der Waals surface area contributed by atoms with Gasteiger partial charge in [-0.05, 0) is 24.1 Å². The number of rotatable bonds is 5. The van der Waals surface area contributed by atoms with Gasteiger partial charge in [0.15, 0.2) is 0 Å². The van der Waals surface area contributed by atoms with Crippen LogP contribution in [0.15, 0.2) is 42.7 Å². The average molecular weight is 297 g/mol. The van der Waals surface area contributed by atoms with E-state index in [-0.39, 0.29) is 6.42 Å². The fourth-order valence-electron chi connectivity index (χ4n) is 1.76. The summed E-state index contributed by atoms with van der Waals surface area (Å²) in [7, 11) is 0. The SMILES string of the molecule is O=C(CCc1cnn(-c2ccccc2)c1)NCC(F)(F)F. The van der Waals surface area contributed by atoms with E-state index in [2.05, 4.69) is 5.10 Å². The standard InChI is InChI=1S/C14H14F3N3O/c15-14(16,17)10-18-13(21)7-6-11-8-19-20(9-11)12-4-2-1-3-5-12/h1-5,8-9H,6-7,10H2,(H,18,21). The second-order valence-corrected chi connectivity index (χ2v) is 4.52. The Labute approximate surface area is 119 Å². The van der Waals surface area contributed by atoms with Crippen molar-refractivity contribution >= 4 is 5.91 Å². The Morgan fingerprint density at radius 3 is 2.62 bits per heavy atom. The van der Waals surface area contributed by atoms with Crippen LogP contribution in [0.4, 0.5) is 13.2 Å². The summed E-state index contributed by atoms with van der Waals surface area (Å²) in [4.78, 5) is 11.3. The first kappa shape index (κ1) is 15.1. The van der Waals surface area contributed by atoms with Gasteiger partial charge in [0, 0.05) is 12.6 Å². The summed E-state index contributed by atoms with van der Waals surface area (Å²) in [6.07, 6.45) is -0.683. The molecule has 0 aliphatic carbocycles. The number of carbonyl (C=O) groups excluding carboxylic acids is 1. The lowest BCUT2D eigenvalue weighted by molar-refractivity contribution is -0.138. The molecule has 0 aliphatic rings. The molecule has 112 valence electrons. The molecule has 0 saturated carbocycles. The molecule has 0 radical (unpaired) electrons. The van der Waals surface area contributed by atoms with Crippen LogP contribution in [0.5, 0.6) is 0 Å². The zero-order chi connectivity index (χ0) is 15.3. The second kappa shape index (κ2) is 6.43. The predicted molar refractivity (Wildman–Crippen MR) is 70.9 cm³/mol. The summed E-state index contributed by atoms with van der Waals surface area (Å²) in [6, 6.07) is 9.40. The Balaban J connectivity index is 1.85. The highest BCUT2D eigenvalue weighted by Gasteiger charge is 2.27. The Morgan fingerprint density at radius 2 is 1.95 bits per heavy atom. The molecule has 0 bridgehead atoms.